The zero-order valence-corrected chi connectivity index (χ0v) is 17.7. The van der Waals surface area contributed by atoms with Crippen LogP contribution < -0.4 is 9.80 Å². The van der Waals surface area contributed by atoms with Crippen molar-refractivity contribution in [2.45, 2.75) is 0 Å². The molecule has 32 heavy (non-hydrogen) atoms. The van der Waals surface area contributed by atoms with Gasteiger partial charge in [-0.1, -0.05) is 72.8 Å². The fraction of sp³-hybridized carbons (Fsp3) is 0. The third-order valence-corrected chi connectivity index (χ3v) is 5.33. The molecule has 5 aromatic rings. The van der Waals surface area contributed by atoms with Crippen LogP contribution in [0.25, 0.3) is 0 Å². The zero-order chi connectivity index (χ0) is 21.6. The van der Waals surface area contributed by atoms with E-state index in [1.54, 1.807) is 0 Å². The summed E-state index contributed by atoms with van der Waals surface area (Å²) in [5.41, 5.74) is 6.53. The van der Waals surface area contributed by atoms with Crippen molar-refractivity contribution in [2.24, 2.45) is 0 Å². The van der Waals surface area contributed by atoms with Gasteiger partial charge in [-0.3, -0.25) is 0 Å². The Bertz CT molecular complexity index is 1080. The highest BCUT2D eigenvalue weighted by molar-refractivity contribution is 5.82. The van der Waals surface area contributed by atoms with Crippen LogP contribution in [0.1, 0.15) is 0 Å². The van der Waals surface area contributed by atoms with Gasteiger partial charge in [0.2, 0.25) is 0 Å². The van der Waals surface area contributed by atoms with Crippen LogP contribution in [0.15, 0.2) is 140 Å². The Balaban J connectivity index is 1.65. The van der Waals surface area contributed by atoms with E-state index in [9.17, 15) is 0 Å². The Morgan fingerprint density at radius 2 is 0.625 bits per heavy atom. The van der Waals surface area contributed by atoms with Gasteiger partial charge in [0, 0.05) is 34.1 Å². The van der Waals surface area contributed by atoms with Gasteiger partial charge < -0.3 is 9.80 Å². The van der Waals surface area contributed by atoms with Crippen LogP contribution in [-0.4, -0.2) is 0 Å². The zero-order valence-electron chi connectivity index (χ0n) is 17.7. The molecule has 0 spiro atoms. The second-order valence-electron chi connectivity index (χ2n) is 7.46. The van der Waals surface area contributed by atoms with E-state index >= 15 is 0 Å². The van der Waals surface area contributed by atoms with Crippen LogP contribution in [0.3, 0.4) is 0 Å². The highest BCUT2D eigenvalue weighted by Crippen LogP contribution is 2.39. The molecule has 0 saturated heterocycles. The highest BCUT2D eigenvalue weighted by atomic mass is 15.2. The number of rotatable bonds is 6. The molecule has 0 fully saturated rings. The molecule has 0 saturated carbocycles. The van der Waals surface area contributed by atoms with Crippen molar-refractivity contribution in [3.63, 3.8) is 0 Å². The number of hydrogen-bond donors (Lipinski definition) is 0. The van der Waals surface area contributed by atoms with Crippen molar-refractivity contribution >= 4 is 34.1 Å². The minimum absolute atomic E-state index is 1.05. The molecule has 0 N–H and O–H groups in total. The molecule has 0 aliphatic heterocycles. The van der Waals surface area contributed by atoms with Gasteiger partial charge >= 0.3 is 0 Å². The Morgan fingerprint density at radius 3 is 0.906 bits per heavy atom. The first-order valence-electron chi connectivity index (χ1n) is 10.7. The van der Waals surface area contributed by atoms with Gasteiger partial charge in [0.25, 0.3) is 0 Å². The summed E-state index contributed by atoms with van der Waals surface area (Å²) in [6.07, 6.45) is 0. The van der Waals surface area contributed by atoms with Gasteiger partial charge in [-0.2, -0.15) is 0 Å². The molecular formula is C30H23N2. The third kappa shape index (κ3) is 4.12. The Labute approximate surface area is 189 Å². The van der Waals surface area contributed by atoms with Gasteiger partial charge in [0.1, 0.15) is 0 Å². The Kier molecular flexibility index (Phi) is 5.67. The maximum atomic E-state index is 3.39. The molecule has 5 aromatic carbocycles. The van der Waals surface area contributed by atoms with Gasteiger partial charge in [0.15, 0.2) is 0 Å². The molecule has 1 radical (unpaired) electrons. The molecule has 0 atom stereocenters. The van der Waals surface area contributed by atoms with Gasteiger partial charge in [-0.05, 0) is 72.8 Å². The van der Waals surface area contributed by atoms with E-state index < -0.39 is 0 Å². The SMILES string of the molecule is [c]1cc(N(c2ccccc2)c2ccccc2)cc(N(c2ccccc2)c2ccccc2)c1. The maximum absolute atomic E-state index is 3.39. The summed E-state index contributed by atoms with van der Waals surface area (Å²) in [6.45, 7) is 0. The molecule has 0 aliphatic rings. The van der Waals surface area contributed by atoms with Crippen LogP contribution in [0.4, 0.5) is 34.1 Å². The molecular weight excluding hydrogens is 388 g/mol. The molecule has 2 nitrogen and oxygen atoms in total. The molecule has 0 heterocycles. The quantitative estimate of drug-likeness (QED) is 0.277. The van der Waals surface area contributed by atoms with Crippen LogP contribution in [0.5, 0.6) is 0 Å². The lowest BCUT2D eigenvalue weighted by atomic mass is 10.1. The average molecular weight is 412 g/mol. The number of para-hydroxylation sites is 4. The van der Waals surface area contributed by atoms with Crippen LogP contribution in [-0.2, 0) is 0 Å². The number of hydrogen-bond acceptors (Lipinski definition) is 2. The lowest BCUT2D eigenvalue weighted by Crippen LogP contribution is -2.13. The first kappa shape index (κ1) is 19.7. The lowest BCUT2D eigenvalue weighted by Gasteiger charge is -2.29. The van der Waals surface area contributed by atoms with E-state index in [-0.39, 0.29) is 0 Å². The largest absolute Gasteiger partial charge is 0.310 e. The first-order chi connectivity index (χ1) is 15.9. The predicted molar refractivity (Wildman–Crippen MR) is 135 cm³/mol. The minimum atomic E-state index is 1.05. The summed E-state index contributed by atoms with van der Waals surface area (Å²) in [5, 5.41) is 0. The molecule has 0 amide bonds. The summed E-state index contributed by atoms with van der Waals surface area (Å²) >= 11 is 0. The van der Waals surface area contributed by atoms with E-state index in [4.69, 9.17) is 0 Å². The Hall–Kier alpha value is -4.30. The molecule has 2 heteroatoms. The molecule has 0 bridgehead atoms. The Morgan fingerprint density at radius 1 is 0.344 bits per heavy atom. The van der Waals surface area contributed by atoms with E-state index in [1.165, 1.54) is 0 Å². The van der Waals surface area contributed by atoms with E-state index in [1.807, 2.05) is 36.4 Å². The number of benzene rings is 5. The fourth-order valence-corrected chi connectivity index (χ4v) is 3.91. The first-order valence-corrected chi connectivity index (χ1v) is 10.7. The van der Waals surface area contributed by atoms with E-state index in [2.05, 4.69) is 119 Å². The monoisotopic (exact) mass is 411 g/mol. The van der Waals surface area contributed by atoms with Gasteiger partial charge in [0.05, 0.1) is 0 Å². The molecule has 153 valence electrons. The average Bonchev–Trinajstić information content (AvgIpc) is 2.87. The summed E-state index contributed by atoms with van der Waals surface area (Å²) in [4.78, 5) is 4.52. The molecule has 0 unspecified atom stereocenters. The second kappa shape index (κ2) is 9.23. The molecule has 0 aromatic heterocycles. The van der Waals surface area contributed by atoms with Crippen molar-refractivity contribution in [1.82, 2.24) is 0 Å². The smallest absolute Gasteiger partial charge is 0.0488 e. The minimum Gasteiger partial charge on any atom is -0.310 e. The third-order valence-electron chi connectivity index (χ3n) is 5.33. The van der Waals surface area contributed by atoms with E-state index in [0.29, 0.717) is 0 Å². The maximum Gasteiger partial charge on any atom is 0.0488 e. The molecule has 5 rings (SSSR count). The number of nitrogens with zero attached hydrogens (tertiary/aromatic N) is 2. The van der Waals surface area contributed by atoms with Gasteiger partial charge in [-0.15, -0.1) is 0 Å². The highest BCUT2D eigenvalue weighted by Gasteiger charge is 2.16. The predicted octanol–water partition coefficient (Wildman–Crippen LogP) is 8.43. The van der Waals surface area contributed by atoms with E-state index in [0.717, 1.165) is 34.1 Å². The van der Waals surface area contributed by atoms with Crippen molar-refractivity contribution in [1.29, 1.82) is 0 Å². The fourth-order valence-electron chi connectivity index (χ4n) is 3.91. The van der Waals surface area contributed by atoms with Crippen molar-refractivity contribution in [2.75, 3.05) is 9.80 Å². The van der Waals surface area contributed by atoms with Gasteiger partial charge in [-0.25, -0.2) is 0 Å². The normalized spacial score (nSPS) is 10.5. The lowest BCUT2D eigenvalue weighted by molar-refractivity contribution is 1.25. The topological polar surface area (TPSA) is 6.48 Å². The van der Waals surface area contributed by atoms with Crippen molar-refractivity contribution in [3.8, 4) is 0 Å². The van der Waals surface area contributed by atoms with Crippen LogP contribution in [0, 0.1) is 6.07 Å². The van der Waals surface area contributed by atoms with Crippen molar-refractivity contribution in [3.05, 3.63) is 146 Å². The van der Waals surface area contributed by atoms with Crippen LogP contribution in [0.2, 0.25) is 0 Å². The summed E-state index contributed by atoms with van der Waals surface area (Å²) in [6, 6.07) is 51.5. The number of anilines is 6. The summed E-state index contributed by atoms with van der Waals surface area (Å²) < 4.78 is 0. The second-order valence-corrected chi connectivity index (χ2v) is 7.46. The molecule has 0 aliphatic carbocycles. The standard InChI is InChI=1S/C30H23N2/c1-5-14-25(15-6-1)31(26-16-7-2-8-17-26)29-22-13-23-30(24-29)32(27-18-9-3-10-19-27)28-20-11-4-12-21-28/h1-12,14-24H. The summed E-state index contributed by atoms with van der Waals surface area (Å²) in [5.74, 6) is 0. The van der Waals surface area contributed by atoms with Crippen LogP contribution >= 0.6 is 0 Å². The van der Waals surface area contributed by atoms with Crippen molar-refractivity contribution < 1.29 is 0 Å². The summed E-state index contributed by atoms with van der Waals surface area (Å²) in [7, 11) is 0.